The van der Waals surface area contributed by atoms with Gasteiger partial charge in [0.15, 0.2) is 0 Å². The molecule has 1 aromatic carbocycles. The second-order valence-corrected chi connectivity index (χ2v) is 6.89. The van der Waals surface area contributed by atoms with Crippen LogP contribution in [0.15, 0.2) is 22.7 Å². The second-order valence-electron chi connectivity index (χ2n) is 6.04. The van der Waals surface area contributed by atoms with Crippen LogP contribution in [-0.4, -0.2) is 31.1 Å². The quantitative estimate of drug-likeness (QED) is 0.898. The smallest absolute Gasteiger partial charge is 0.124 e. The Labute approximate surface area is 128 Å². The molecule has 1 aromatic rings. The fourth-order valence-electron chi connectivity index (χ4n) is 3.57. The summed E-state index contributed by atoms with van der Waals surface area (Å²) in [5, 5.41) is 3.33. The van der Waals surface area contributed by atoms with Crippen molar-refractivity contribution in [3.05, 3.63) is 34.1 Å². The minimum absolute atomic E-state index is 0.167. The molecular weight excluding hydrogens is 319 g/mol. The van der Waals surface area contributed by atoms with E-state index in [-0.39, 0.29) is 5.82 Å². The maximum absolute atomic E-state index is 13.4. The third kappa shape index (κ3) is 2.92. The molecule has 0 aromatic heterocycles. The summed E-state index contributed by atoms with van der Waals surface area (Å²) in [7, 11) is 2.02. The van der Waals surface area contributed by atoms with Crippen molar-refractivity contribution in [1.29, 1.82) is 0 Å². The highest BCUT2D eigenvalue weighted by Gasteiger charge is 2.40. The van der Waals surface area contributed by atoms with Gasteiger partial charge in [-0.3, -0.25) is 4.90 Å². The zero-order valence-corrected chi connectivity index (χ0v) is 13.5. The Balaban J connectivity index is 1.93. The number of hydrogen-bond donors (Lipinski definition) is 1. The van der Waals surface area contributed by atoms with Gasteiger partial charge in [-0.25, -0.2) is 4.39 Å². The van der Waals surface area contributed by atoms with E-state index >= 15 is 0 Å². The van der Waals surface area contributed by atoms with Crippen molar-refractivity contribution in [2.75, 3.05) is 20.1 Å². The van der Waals surface area contributed by atoms with Gasteiger partial charge in [0.2, 0.25) is 0 Å². The third-order valence-corrected chi connectivity index (χ3v) is 5.25. The van der Waals surface area contributed by atoms with E-state index in [1.165, 1.54) is 37.8 Å². The molecule has 3 rings (SSSR count). The van der Waals surface area contributed by atoms with Crippen LogP contribution < -0.4 is 5.32 Å². The number of piperidine rings is 1. The summed E-state index contributed by atoms with van der Waals surface area (Å²) in [6.45, 7) is 2.21. The summed E-state index contributed by atoms with van der Waals surface area (Å²) in [4.78, 5) is 2.66. The number of hydrogen-bond acceptors (Lipinski definition) is 2. The van der Waals surface area contributed by atoms with Crippen molar-refractivity contribution in [3.63, 3.8) is 0 Å². The van der Waals surface area contributed by atoms with E-state index in [1.54, 1.807) is 12.1 Å². The molecule has 1 saturated carbocycles. The highest BCUT2D eigenvalue weighted by Crippen LogP contribution is 2.44. The van der Waals surface area contributed by atoms with Gasteiger partial charge in [-0.1, -0.05) is 22.0 Å². The topological polar surface area (TPSA) is 15.3 Å². The third-order valence-electron chi connectivity index (χ3n) is 4.56. The minimum atomic E-state index is -0.167. The standard InChI is InChI=1S/C16H22BrFN2/c1-19-10-11-3-2-8-20(13-5-6-13)16(11)14-7-4-12(18)9-15(14)17/h4,7,9,11,13,16,19H,2-3,5-6,8,10H2,1H3. The summed E-state index contributed by atoms with van der Waals surface area (Å²) in [5.74, 6) is 0.440. The van der Waals surface area contributed by atoms with Gasteiger partial charge in [-0.15, -0.1) is 0 Å². The summed E-state index contributed by atoms with van der Waals surface area (Å²) < 4.78 is 14.3. The van der Waals surface area contributed by atoms with Gasteiger partial charge in [-0.2, -0.15) is 0 Å². The van der Waals surface area contributed by atoms with Crippen LogP contribution >= 0.6 is 15.9 Å². The molecule has 1 saturated heterocycles. The Bertz CT molecular complexity index is 474. The van der Waals surface area contributed by atoms with E-state index in [2.05, 4.69) is 26.1 Å². The number of nitrogens with zero attached hydrogens (tertiary/aromatic N) is 1. The van der Waals surface area contributed by atoms with Gasteiger partial charge < -0.3 is 5.32 Å². The van der Waals surface area contributed by atoms with E-state index < -0.39 is 0 Å². The fraction of sp³-hybridized carbons (Fsp3) is 0.625. The molecule has 4 heteroatoms. The molecule has 0 bridgehead atoms. The van der Waals surface area contributed by atoms with Crippen molar-refractivity contribution in [2.24, 2.45) is 5.92 Å². The van der Waals surface area contributed by atoms with E-state index in [1.807, 2.05) is 13.1 Å². The highest BCUT2D eigenvalue weighted by molar-refractivity contribution is 9.10. The maximum atomic E-state index is 13.4. The summed E-state index contributed by atoms with van der Waals surface area (Å²) in [6.07, 6.45) is 5.17. The summed E-state index contributed by atoms with van der Waals surface area (Å²) in [5.41, 5.74) is 1.25. The van der Waals surface area contributed by atoms with Crippen molar-refractivity contribution in [2.45, 2.75) is 37.8 Å². The molecule has 1 aliphatic carbocycles. The molecule has 0 spiro atoms. The normalized spacial score (nSPS) is 27.8. The van der Waals surface area contributed by atoms with E-state index in [4.69, 9.17) is 0 Å². The Kier molecular flexibility index (Phi) is 4.43. The SMILES string of the molecule is CNCC1CCCN(C2CC2)C1c1ccc(F)cc1Br. The van der Waals surface area contributed by atoms with Crippen molar-refractivity contribution < 1.29 is 4.39 Å². The molecule has 2 aliphatic rings. The molecule has 0 radical (unpaired) electrons. The zero-order valence-electron chi connectivity index (χ0n) is 11.9. The Morgan fingerprint density at radius 3 is 2.80 bits per heavy atom. The van der Waals surface area contributed by atoms with Crippen LogP contribution in [0.4, 0.5) is 4.39 Å². The van der Waals surface area contributed by atoms with E-state index in [9.17, 15) is 4.39 Å². The maximum Gasteiger partial charge on any atom is 0.124 e. The average molecular weight is 341 g/mol. The van der Waals surface area contributed by atoms with Gasteiger partial charge in [0.25, 0.3) is 0 Å². The molecule has 0 amide bonds. The number of nitrogens with one attached hydrogen (secondary N) is 1. The number of likely N-dealkylation sites (tertiary alicyclic amines) is 1. The van der Waals surface area contributed by atoms with Gasteiger partial charge in [0, 0.05) is 16.6 Å². The molecule has 2 nitrogen and oxygen atoms in total. The molecule has 1 heterocycles. The molecule has 110 valence electrons. The van der Waals surface area contributed by atoms with Gasteiger partial charge in [0.05, 0.1) is 0 Å². The van der Waals surface area contributed by atoms with Crippen LogP contribution in [0.25, 0.3) is 0 Å². The first-order chi connectivity index (χ1) is 9.70. The predicted octanol–water partition coefficient (Wildman–Crippen LogP) is 3.72. The predicted molar refractivity (Wildman–Crippen MR) is 83.2 cm³/mol. The van der Waals surface area contributed by atoms with Crippen LogP contribution in [0.1, 0.15) is 37.3 Å². The van der Waals surface area contributed by atoms with Gasteiger partial charge in [-0.05, 0) is 69.4 Å². The van der Waals surface area contributed by atoms with Crippen LogP contribution in [0.3, 0.4) is 0 Å². The lowest BCUT2D eigenvalue weighted by Gasteiger charge is -2.42. The van der Waals surface area contributed by atoms with Crippen LogP contribution in [0, 0.1) is 11.7 Å². The van der Waals surface area contributed by atoms with Crippen LogP contribution in [0.2, 0.25) is 0 Å². The Morgan fingerprint density at radius 2 is 2.15 bits per heavy atom. The number of halogens is 2. The largest absolute Gasteiger partial charge is 0.319 e. The average Bonchev–Trinajstić information content (AvgIpc) is 3.24. The second kappa shape index (κ2) is 6.12. The van der Waals surface area contributed by atoms with Gasteiger partial charge >= 0.3 is 0 Å². The molecule has 1 aliphatic heterocycles. The lowest BCUT2D eigenvalue weighted by molar-refractivity contribution is 0.0840. The van der Waals surface area contributed by atoms with Gasteiger partial charge in [0.1, 0.15) is 5.82 Å². The zero-order chi connectivity index (χ0) is 14.1. The Morgan fingerprint density at radius 1 is 1.35 bits per heavy atom. The van der Waals surface area contributed by atoms with Crippen molar-refractivity contribution in [3.8, 4) is 0 Å². The molecule has 2 unspecified atom stereocenters. The monoisotopic (exact) mass is 340 g/mol. The van der Waals surface area contributed by atoms with Crippen LogP contribution in [-0.2, 0) is 0 Å². The molecular formula is C16H22BrFN2. The highest BCUT2D eigenvalue weighted by atomic mass is 79.9. The first kappa shape index (κ1) is 14.5. The Hall–Kier alpha value is -0.450. The first-order valence-corrected chi connectivity index (χ1v) is 8.35. The minimum Gasteiger partial charge on any atom is -0.319 e. The fourth-order valence-corrected chi connectivity index (χ4v) is 4.15. The van der Waals surface area contributed by atoms with Crippen molar-refractivity contribution >= 4 is 15.9 Å². The first-order valence-electron chi connectivity index (χ1n) is 7.56. The summed E-state index contributed by atoms with van der Waals surface area (Å²) >= 11 is 3.57. The molecule has 2 fully saturated rings. The molecule has 1 N–H and O–H groups in total. The number of benzene rings is 1. The lowest BCUT2D eigenvalue weighted by Crippen LogP contribution is -2.43. The van der Waals surface area contributed by atoms with E-state index in [0.717, 1.165) is 17.1 Å². The lowest BCUT2D eigenvalue weighted by atomic mass is 9.84. The van der Waals surface area contributed by atoms with Crippen molar-refractivity contribution in [1.82, 2.24) is 10.2 Å². The molecule has 2 atom stereocenters. The summed E-state index contributed by atoms with van der Waals surface area (Å²) in [6, 6.07) is 6.32. The van der Waals surface area contributed by atoms with Crippen LogP contribution in [0.5, 0.6) is 0 Å². The number of rotatable bonds is 4. The molecule has 20 heavy (non-hydrogen) atoms. The van der Waals surface area contributed by atoms with E-state index in [0.29, 0.717) is 12.0 Å².